The van der Waals surface area contributed by atoms with Crippen LogP contribution in [0.2, 0.25) is 0 Å². The summed E-state index contributed by atoms with van der Waals surface area (Å²) in [4.78, 5) is 0. The lowest BCUT2D eigenvalue weighted by Gasteiger charge is -2.19. The lowest BCUT2D eigenvalue weighted by atomic mass is 9.98. The fraction of sp³-hybridized carbons (Fsp3) is 0.733. The molecule has 1 heterocycles. The zero-order valence-electron chi connectivity index (χ0n) is 13.2. The molecule has 3 atom stereocenters. The summed E-state index contributed by atoms with van der Waals surface area (Å²) in [5.41, 5.74) is 1.03. The van der Waals surface area contributed by atoms with Crippen LogP contribution in [0.4, 0.5) is 0 Å². The second-order valence-electron chi connectivity index (χ2n) is 6.45. The Balaban J connectivity index is 2.03. The number of nitrogens with one attached hydrogen (secondary N) is 2. The van der Waals surface area contributed by atoms with Gasteiger partial charge in [-0.3, -0.25) is 0 Å². The molecule has 1 saturated carbocycles. The molecule has 0 amide bonds. The third-order valence-electron chi connectivity index (χ3n) is 4.38. The molecule has 4 nitrogen and oxygen atoms in total. The fourth-order valence-corrected chi connectivity index (χ4v) is 5.28. The first-order valence-electron chi connectivity index (χ1n) is 7.62. The van der Waals surface area contributed by atoms with Gasteiger partial charge in [-0.25, -0.2) is 13.1 Å². The maximum Gasteiger partial charge on any atom is 0.250 e. The molecule has 0 bridgehead atoms. The molecule has 1 fully saturated rings. The van der Waals surface area contributed by atoms with Crippen LogP contribution in [-0.2, 0) is 16.6 Å². The summed E-state index contributed by atoms with van der Waals surface area (Å²) < 4.78 is 28.3. The normalized spacial score (nSPS) is 26.6. The minimum atomic E-state index is -3.38. The van der Waals surface area contributed by atoms with Crippen LogP contribution in [0.1, 0.15) is 46.1 Å². The lowest BCUT2D eigenvalue weighted by Crippen LogP contribution is -2.36. The Bertz CT molecular complexity index is 566. The Kier molecular flexibility index (Phi) is 5.46. The van der Waals surface area contributed by atoms with Crippen molar-refractivity contribution in [2.24, 2.45) is 11.8 Å². The van der Waals surface area contributed by atoms with Crippen molar-refractivity contribution >= 4 is 21.4 Å². The second kappa shape index (κ2) is 6.77. The zero-order valence-corrected chi connectivity index (χ0v) is 14.9. The Morgan fingerprint density at radius 3 is 2.62 bits per heavy atom. The van der Waals surface area contributed by atoms with E-state index in [-0.39, 0.29) is 6.04 Å². The Morgan fingerprint density at radius 2 is 2.05 bits per heavy atom. The third kappa shape index (κ3) is 4.28. The minimum absolute atomic E-state index is 0.0735. The quantitative estimate of drug-likeness (QED) is 0.843. The van der Waals surface area contributed by atoms with Gasteiger partial charge in [-0.2, -0.15) is 0 Å². The van der Waals surface area contributed by atoms with Crippen molar-refractivity contribution in [3.63, 3.8) is 0 Å². The maximum atomic E-state index is 12.5. The van der Waals surface area contributed by atoms with Gasteiger partial charge in [0.2, 0.25) is 10.0 Å². The van der Waals surface area contributed by atoms with Crippen LogP contribution in [0.3, 0.4) is 0 Å². The van der Waals surface area contributed by atoms with E-state index >= 15 is 0 Å². The average Bonchev–Trinajstić information content (AvgIpc) is 2.99. The molecule has 0 spiro atoms. The molecule has 2 N–H and O–H groups in total. The molecule has 6 heteroatoms. The van der Waals surface area contributed by atoms with E-state index in [1.165, 1.54) is 11.3 Å². The minimum Gasteiger partial charge on any atom is -0.310 e. The van der Waals surface area contributed by atoms with Crippen molar-refractivity contribution in [1.29, 1.82) is 0 Å². The molecule has 1 aliphatic carbocycles. The molecule has 0 aliphatic heterocycles. The van der Waals surface area contributed by atoms with Crippen LogP contribution in [-0.4, -0.2) is 20.5 Å². The zero-order chi connectivity index (χ0) is 15.6. The molecule has 3 unspecified atom stereocenters. The maximum absolute atomic E-state index is 12.5. The van der Waals surface area contributed by atoms with E-state index in [4.69, 9.17) is 0 Å². The van der Waals surface area contributed by atoms with Gasteiger partial charge < -0.3 is 5.32 Å². The molecule has 1 aromatic rings. The fourth-order valence-electron chi connectivity index (χ4n) is 2.70. The topological polar surface area (TPSA) is 58.2 Å². The van der Waals surface area contributed by atoms with Crippen molar-refractivity contribution in [2.75, 3.05) is 0 Å². The predicted molar refractivity (Wildman–Crippen MR) is 88.0 cm³/mol. The highest BCUT2D eigenvalue weighted by Crippen LogP contribution is 2.32. The first-order chi connectivity index (χ1) is 9.79. The molecular weight excluding hydrogens is 304 g/mol. The lowest BCUT2D eigenvalue weighted by molar-refractivity contribution is 0.402. The van der Waals surface area contributed by atoms with Gasteiger partial charge in [0.25, 0.3) is 0 Å². The van der Waals surface area contributed by atoms with Gasteiger partial charge in [-0.15, -0.1) is 11.3 Å². The van der Waals surface area contributed by atoms with Gasteiger partial charge in [0.15, 0.2) is 0 Å². The van der Waals surface area contributed by atoms with Crippen molar-refractivity contribution < 1.29 is 8.42 Å². The first-order valence-corrected chi connectivity index (χ1v) is 9.99. The molecule has 120 valence electrons. The number of sulfonamides is 1. The van der Waals surface area contributed by atoms with Gasteiger partial charge in [0.05, 0.1) is 0 Å². The summed E-state index contributed by atoms with van der Waals surface area (Å²) >= 11 is 1.30. The summed E-state index contributed by atoms with van der Waals surface area (Å²) in [6.45, 7) is 9.19. The molecule has 0 saturated heterocycles. The van der Waals surface area contributed by atoms with E-state index in [1.54, 1.807) is 6.07 Å². The Hall–Kier alpha value is -0.430. The first kappa shape index (κ1) is 16.9. The Morgan fingerprint density at radius 1 is 1.33 bits per heavy atom. The number of rotatable bonds is 6. The second-order valence-corrected chi connectivity index (χ2v) is 9.30. The summed E-state index contributed by atoms with van der Waals surface area (Å²) in [6.07, 6.45) is 2.04. The van der Waals surface area contributed by atoms with Gasteiger partial charge in [-0.05, 0) is 41.7 Å². The van der Waals surface area contributed by atoms with Crippen LogP contribution in [0.25, 0.3) is 0 Å². The van der Waals surface area contributed by atoms with E-state index in [0.29, 0.717) is 28.6 Å². The molecule has 0 aromatic carbocycles. The molecule has 0 radical (unpaired) electrons. The van der Waals surface area contributed by atoms with Gasteiger partial charge in [0.1, 0.15) is 4.21 Å². The number of hydrogen-bond acceptors (Lipinski definition) is 4. The number of thiophene rings is 1. The van der Waals surface area contributed by atoms with E-state index in [9.17, 15) is 8.42 Å². The third-order valence-corrected chi connectivity index (χ3v) is 7.36. The molecule has 1 aliphatic rings. The summed E-state index contributed by atoms with van der Waals surface area (Å²) in [6, 6.07) is 2.25. The van der Waals surface area contributed by atoms with Crippen LogP contribution in [0.15, 0.2) is 15.7 Å². The van der Waals surface area contributed by atoms with Crippen LogP contribution in [0, 0.1) is 11.8 Å². The molecule has 21 heavy (non-hydrogen) atoms. The van der Waals surface area contributed by atoms with Crippen molar-refractivity contribution in [1.82, 2.24) is 10.0 Å². The molecule has 2 rings (SSSR count). The smallest absolute Gasteiger partial charge is 0.250 e. The SMILES string of the molecule is CC(C)NCc1csc(S(=O)(=O)NC2CCC(C)C2C)c1. The highest BCUT2D eigenvalue weighted by molar-refractivity contribution is 7.91. The highest BCUT2D eigenvalue weighted by Gasteiger charge is 2.33. The summed E-state index contributed by atoms with van der Waals surface area (Å²) in [5.74, 6) is 0.994. The largest absolute Gasteiger partial charge is 0.310 e. The van der Waals surface area contributed by atoms with Crippen molar-refractivity contribution in [3.05, 3.63) is 17.0 Å². The van der Waals surface area contributed by atoms with Crippen molar-refractivity contribution in [3.8, 4) is 0 Å². The van der Waals surface area contributed by atoms with E-state index in [2.05, 4.69) is 37.7 Å². The van der Waals surface area contributed by atoms with Crippen LogP contribution in [0.5, 0.6) is 0 Å². The molecular formula is C15H26N2O2S2. The monoisotopic (exact) mass is 330 g/mol. The van der Waals surface area contributed by atoms with E-state index < -0.39 is 10.0 Å². The standard InChI is InChI=1S/C15H26N2O2S2/c1-10(2)16-8-13-7-15(20-9-13)21(18,19)17-14-6-5-11(3)12(14)4/h7,9-12,14,16-17H,5-6,8H2,1-4H3. The summed E-state index contributed by atoms with van der Waals surface area (Å²) in [5, 5.41) is 5.23. The van der Waals surface area contributed by atoms with E-state index in [0.717, 1.165) is 18.4 Å². The van der Waals surface area contributed by atoms with Gasteiger partial charge >= 0.3 is 0 Å². The average molecular weight is 331 g/mol. The van der Waals surface area contributed by atoms with Crippen LogP contribution >= 0.6 is 11.3 Å². The molecule has 1 aromatic heterocycles. The Labute approximate surface area is 132 Å². The van der Waals surface area contributed by atoms with Gasteiger partial charge in [0, 0.05) is 18.6 Å². The van der Waals surface area contributed by atoms with Crippen LogP contribution < -0.4 is 10.0 Å². The van der Waals surface area contributed by atoms with E-state index in [1.807, 2.05) is 5.38 Å². The summed E-state index contributed by atoms with van der Waals surface area (Å²) in [7, 11) is -3.38. The predicted octanol–water partition coefficient (Wildman–Crippen LogP) is 2.96. The number of hydrogen-bond donors (Lipinski definition) is 2. The highest BCUT2D eigenvalue weighted by atomic mass is 32.2. The van der Waals surface area contributed by atoms with Crippen molar-refractivity contribution in [2.45, 2.75) is 63.4 Å². The van der Waals surface area contributed by atoms with Gasteiger partial charge in [-0.1, -0.05) is 27.7 Å².